The lowest BCUT2D eigenvalue weighted by atomic mass is 9.95. The van der Waals surface area contributed by atoms with Gasteiger partial charge in [-0.2, -0.15) is 0 Å². The van der Waals surface area contributed by atoms with E-state index in [9.17, 15) is 4.79 Å². The molecule has 0 fully saturated rings. The van der Waals surface area contributed by atoms with Gasteiger partial charge in [-0.15, -0.1) is 0 Å². The van der Waals surface area contributed by atoms with Crippen molar-refractivity contribution in [2.75, 3.05) is 0 Å². The van der Waals surface area contributed by atoms with Crippen molar-refractivity contribution in [1.82, 2.24) is 10.6 Å². The third kappa shape index (κ3) is 5.50. The Labute approximate surface area is 100 Å². The maximum absolute atomic E-state index is 11.7. The maximum Gasteiger partial charge on any atom is 0.237 e. The zero-order valence-corrected chi connectivity index (χ0v) is 11.6. The highest BCUT2D eigenvalue weighted by Crippen LogP contribution is 2.13. The highest BCUT2D eigenvalue weighted by Gasteiger charge is 2.19. The van der Waals surface area contributed by atoms with Gasteiger partial charge in [0.25, 0.3) is 0 Å². The fourth-order valence-electron chi connectivity index (χ4n) is 2.01. The van der Waals surface area contributed by atoms with Gasteiger partial charge in [-0.05, 0) is 33.6 Å². The van der Waals surface area contributed by atoms with Crippen LogP contribution < -0.4 is 10.6 Å². The molecule has 0 aromatic carbocycles. The molecular formula is C13H28N2O. The van der Waals surface area contributed by atoms with Crippen LogP contribution in [0.15, 0.2) is 0 Å². The summed E-state index contributed by atoms with van der Waals surface area (Å²) >= 11 is 0. The monoisotopic (exact) mass is 228 g/mol. The minimum atomic E-state index is -0.113. The van der Waals surface area contributed by atoms with Crippen LogP contribution >= 0.6 is 0 Å². The standard InChI is InChI=1S/C13H28N2O/c1-7-12(8-2)10(5)15-11(6)13(16)14-9(3)4/h9-12,15H,7-8H2,1-6H3,(H,14,16). The molecule has 0 spiro atoms. The molecule has 0 rings (SSSR count). The molecule has 0 aliphatic carbocycles. The van der Waals surface area contributed by atoms with Crippen LogP contribution in [-0.4, -0.2) is 24.0 Å². The van der Waals surface area contributed by atoms with E-state index in [2.05, 4.69) is 31.4 Å². The van der Waals surface area contributed by atoms with Crippen molar-refractivity contribution in [2.24, 2.45) is 5.92 Å². The quantitative estimate of drug-likeness (QED) is 0.702. The van der Waals surface area contributed by atoms with E-state index in [0.717, 1.165) is 12.8 Å². The number of hydrogen-bond acceptors (Lipinski definition) is 2. The maximum atomic E-state index is 11.7. The summed E-state index contributed by atoms with van der Waals surface area (Å²) in [6.07, 6.45) is 2.31. The van der Waals surface area contributed by atoms with E-state index in [1.54, 1.807) is 0 Å². The molecule has 2 atom stereocenters. The van der Waals surface area contributed by atoms with E-state index in [4.69, 9.17) is 0 Å². The molecule has 1 amide bonds. The van der Waals surface area contributed by atoms with Crippen molar-refractivity contribution in [3.63, 3.8) is 0 Å². The summed E-state index contributed by atoms with van der Waals surface area (Å²) in [7, 11) is 0. The fourth-order valence-corrected chi connectivity index (χ4v) is 2.01. The van der Waals surface area contributed by atoms with Crippen LogP contribution in [-0.2, 0) is 4.79 Å². The normalized spacial score (nSPS) is 15.2. The molecule has 0 saturated carbocycles. The molecule has 2 unspecified atom stereocenters. The molecular weight excluding hydrogens is 200 g/mol. The SMILES string of the molecule is CCC(CC)C(C)NC(C)C(=O)NC(C)C. The van der Waals surface area contributed by atoms with Gasteiger partial charge in [0.1, 0.15) is 0 Å². The van der Waals surface area contributed by atoms with Gasteiger partial charge < -0.3 is 10.6 Å². The van der Waals surface area contributed by atoms with Crippen molar-refractivity contribution in [1.29, 1.82) is 0 Å². The molecule has 0 aliphatic rings. The number of nitrogens with one attached hydrogen (secondary N) is 2. The van der Waals surface area contributed by atoms with Crippen molar-refractivity contribution < 1.29 is 4.79 Å². The third-order valence-corrected chi connectivity index (χ3v) is 3.09. The lowest BCUT2D eigenvalue weighted by molar-refractivity contribution is -0.123. The molecule has 3 heteroatoms. The molecule has 0 aromatic rings. The Hall–Kier alpha value is -0.570. The Kier molecular flexibility index (Phi) is 7.39. The number of amides is 1. The van der Waals surface area contributed by atoms with Gasteiger partial charge in [-0.3, -0.25) is 4.79 Å². The smallest absolute Gasteiger partial charge is 0.237 e. The number of hydrogen-bond donors (Lipinski definition) is 2. The van der Waals surface area contributed by atoms with E-state index in [1.165, 1.54) is 0 Å². The average Bonchev–Trinajstić information content (AvgIpc) is 2.18. The van der Waals surface area contributed by atoms with Crippen molar-refractivity contribution >= 4 is 5.91 Å². The Morgan fingerprint density at radius 1 is 1.06 bits per heavy atom. The predicted octanol–water partition coefficient (Wildman–Crippen LogP) is 2.31. The van der Waals surface area contributed by atoms with Gasteiger partial charge in [0.15, 0.2) is 0 Å². The van der Waals surface area contributed by atoms with E-state index in [0.29, 0.717) is 12.0 Å². The molecule has 0 bridgehead atoms. The zero-order valence-electron chi connectivity index (χ0n) is 11.6. The highest BCUT2D eigenvalue weighted by atomic mass is 16.2. The van der Waals surface area contributed by atoms with Crippen molar-refractivity contribution in [2.45, 2.75) is 72.5 Å². The Morgan fingerprint density at radius 3 is 1.94 bits per heavy atom. The van der Waals surface area contributed by atoms with E-state index in [1.807, 2.05) is 20.8 Å². The van der Waals surface area contributed by atoms with Gasteiger partial charge in [-0.1, -0.05) is 26.7 Å². The summed E-state index contributed by atoms with van der Waals surface area (Å²) in [5.41, 5.74) is 0. The summed E-state index contributed by atoms with van der Waals surface area (Å²) in [6.45, 7) is 12.5. The van der Waals surface area contributed by atoms with Gasteiger partial charge >= 0.3 is 0 Å². The lowest BCUT2D eigenvalue weighted by Crippen LogP contribution is -2.49. The molecule has 0 aliphatic heterocycles. The first-order valence-corrected chi connectivity index (χ1v) is 6.48. The summed E-state index contributed by atoms with van der Waals surface area (Å²) in [4.78, 5) is 11.7. The van der Waals surface area contributed by atoms with Gasteiger partial charge in [0, 0.05) is 12.1 Å². The largest absolute Gasteiger partial charge is 0.353 e. The Bertz CT molecular complexity index is 200. The van der Waals surface area contributed by atoms with Crippen molar-refractivity contribution in [3.8, 4) is 0 Å². The number of rotatable bonds is 7. The average molecular weight is 228 g/mol. The van der Waals surface area contributed by atoms with Gasteiger partial charge in [0.2, 0.25) is 5.91 Å². The summed E-state index contributed by atoms with van der Waals surface area (Å²) in [5, 5.41) is 6.30. The molecule has 0 heterocycles. The fraction of sp³-hybridized carbons (Fsp3) is 0.923. The number of carbonyl (C=O) groups excluding carboxylic acids is 1. The van der Waals surface area contributed by atoms with Crippen LogP contribution in [0.25, 0.3) is 0 Å². The van der Waals surface area contributed by atoms with Crippen LogP contribution in [0.5, 0.6) is 0 Å². The lowest BCUT2D eigenvalue weighted by Gasteiger charge is -2.26. The minimum absolute atomic E-state index is 0.0906. The van der Waals surface area contributed by atoms with Gasteiger partial charge in [-0.25, -0.2) is 0 Å². The predicted molar refractivity (Wildman–Crippen MR) is 69.4 cm³/mol. The third-order valence-electron chi connectivity index (χ3n) is 3.09. The molecule has 0 radical (unpaired) electrons. The minimum Gasteiger partial charge on any atom is -0.353 e. The molecule has 3 nitrogen and oxygen atoms in total. The molecule has 16 heavy (non-hydrogen) atoms. The summed E-state index contributed by atoms with van der Waals surface area (Å²) < 4.78 is 0. The molecule has 2 N–H and O–H groups in total. The second kappa shape index (κ2) is 7.66. The molecule has 0 aromatic heterocycles. The van der Waals surface area contributed by atoms with Gasteiger partial charge in [0.05, 0.1) is 6.04 Å². The molecule has 0 saturated heterocycles. The first kappa shape index (κ1) is 15.4. The van der Waals surface area contributed by atoms with E-state index >= 15 is 0 Å². The number of carbonyl (C=O) groups is 1. The van der Waals surface area contributed by atoms with Crippen molar-refractivity contribution in [3.05, 3.63) is 0 Å². The first-order chi connectivity index (χ1) is 7.42. The van der Waals surface area contributed by atoms with Crippen LogP contribution in [0.3, 0.4) is 0 Å². The second-order valence-electron chi connectivity index (χ2n) is 4.92. The van der Waals surface area contributed by atoms with Crippen LogP contribution in [0.2, 0.25) is 0 Å². The Balaban J connectivity index is 4.11. The second-order valence-corrected chi connectivity index (χ2v) is 4.92. The van der Waals surface area contributed by atoms with E-state index < -0.39 is 0 Å². The van der Waals surface area contributed by atoms with E-state index in [-0.39, 0.29) is 18.0 Å². The summed E-state index contributed by atoms with van der Waals surface area (Å²) in [6, 6.07) is 0.487. The van der Waals surface area contributed by atoms with Crippen LogP contribution in [0, 0.1) is 5.92 Å². The Morgan fingerprint density at radius 2 is 1.56 bits per heavy atom. The topological polar surface area (TPSA) is 41.1 Å². The zero-order chi connectivity index (χ0) is 12.7. The first-order valence-electron chi connectivity index (χ1n) is 6.48. The molecule has 96 valence electrons. The highest BCUT2D eigenvalue weighted by molar-refractivity contribution is 5.81. The summed E-state index contributed by atoms with van der Waals surface area (Å²) in [5.74, 6) is 0.738. The van der Waals surface area contributed by atoms with Crippen LogP contribution in [0.4, 0.5) is 0 Å². The van der Waals surface area contributed by atoms with Crippen LogP contribution in [0.1, 0.15) is 54.4 Å².